The molecule has 3 atom stereocenters. The minimum Gasteiger partial charge on any atom is -0.490 e. The van der Waals surface area contributed by atoms with Gasteiger partial charge in [0.15, 0.2) is 11.5 Å². The lowest BCUT2D eigenvalue weighted by atomic mass is 10.1. The van der Waals surface area contributed by atoms with E-state index in [4.69, 9.17) is 9.47 Å². The van der Waals surface area contributed by atoms with E-state index in [2.05, 4.69) is 18.3 Å². The molecule has 20 heavy (non-hydrogen) atoms. The van der Waals surface area contributed by atoms with Crippen molar-refractivity contribution in [1.29, 1.82) is 0 Å². The first-order valence-electron chi connectivity index (χ1n) is 7.20. The number of benzene rings is 1. The lowest BCUT2D eigenvalue weighted by molar-refractivity contribution is 0.297. The van der Waals surface area contributed by atoms with Crippen LogP contribution in [0, 0.1) is 5.92 Å². The summed E-state index contributed by atoms with van der Waals surface area (Å²) in [5, 5.41) is 3.51. The van der Waals surface area contributed by atoms with Crippen LogP contribution >= 0.6 is 0 Å². The van der Waals surface area contributed by atoms with Crippen molar-refractivity contribution in [3.8, 4) is 11.5 Å². The Kier molecular flexibility index (Phi) is 4.27. The van der Waals surface area contributed by atoms with Gasteiger partial charge in [0, 0.05) is 34.8 Å². The molecule has 1 aromatic rings. The molecule has 110 valence electrons. The van der Waals surface area contributed by atoms with Gasteiger partial charge in [0.2, 0.25) is 0 Å². The third kappa shape index (κ3) is 3.15. The Labute approximate surface area is 122 Å². The van der Waals surface area contributed by atoms with Crippen LogP contribution in [0.1, 0.15) is 24.9 Å². The zero-order valence-electron chi connectivity index (χ0n) is 11.8. The number of hydrogen-bond donors (Lipinski definition) is 1. The molecular formula is C15H21NO3S. The van der Waals surface area contributed by atoms with Gasteiger partial charge in [-0.25, -0.2) is 0 Å². The molecule has 0 amide bonds. The van der Waals surface area contributed by atoms with Gasteiger partial charge in [-0.15, -0.1) is 0 Å². The topological polar surface area (TPSA) is 47.6 Å². The summed E-state index contributed by atoms with van der Waals surface area (Å²) < 4.78 is 23.4. The molecule has 0 aliphatic carbocycles. The van der Waals surface area contributed by atoms with Crippen LogP contribution < -0.4 is 14.8 Å². The van der Waals surface area contributed by atoms with Gasteiger partial charge in [-0.1, -0.05) is 13.0 Å². The smallest absolute Gasteiger partial charge is 0.161 e. The van der Waals surface area contributed by atoms with Crippen LogP contribution in [0.5, 0.6) is 11.5 Å². The summed E-state index contributed by atoms with van der Waals surface area (Å²) in [4.78, 5) is 0. The SMILES string of the molecule is CC1CNC(c2ccc3c(c2)OCCCO3)CS(=O)C1. The number of ether oxygens (including phenoxy) is 2. The Morgan fingerprint density at radius 2 is 2.00 bits per heavy atom. The lowest BCUT2D eigenvalue weighted by Gasteiger charge is -2.18. The highest BCUT2D eigenvalue weighted by atomic mass is 32.2. The minimum atomic E-state index is -0.758. The van der Waals surface area contributed by atoms with Crippen LogP contribution in [-0.2, 0) is 10.8 Å². The third-order valence-electron chi connectivity index (χ3n) is 3.71. The quantitative estimate of drug-likeness (QED) is 0.859. The second-order valence-corrected chi connectivity index (χ2v) is 7.14. The van der Waals surface area contributed by atoms with Crippen molar-refractivity contribution in [1.82, 2.24) is 5.32 Å². The fourth-order valence-electron chi connectivity index (χ4n) is 2.64. The van der Waals surface area contributed by atoms with Crippen molar-refractivity contribution >= 4 is 10.8 Å². The molecular weight excluding hydrogens is 274 g/mol. The van der Waals surface area contributed by atoms with Crippen LogP contribution in [-0.4, -0.2) is 35.5 Å². The first-order chi connectivity index (χ1) is 9.72. The predicted molar refractivity (Wildman–Crippen MR) is 79.8 cm³/mol. The zero-order valence-corrected chi connectivity index (χ0v) is 12.6. The normalized spacial score (nSPS) is 30.4. The zero-order chi connectivity index (χ0) is 13.9. The van der Waals surface area contributed by atoms with Gasteiger partial charge in [0.1, 0.15) is 0 Å². The molecule has 0 aromatic heterocycles. The van der Waals surface area contributed by atoms with Crippen molar-refractivity contribution in [2.75, 3.05) is 31.3 Å². The van der Waals surface area contributed by atoms with E-state index in [1.165, 1.54) is 0 Å². The Balaban J connectivity index is 1.82. The van der Waals surface area contributed by atoms with Gasteiger partial charge in [-0.3, -0.25) is 4.21 Å². The number of hydrogen-bond acceptors (Lipinski definition) is 4. The second kappa shape index (κ2) is 6.14. The van der Waals surface area contributed by atoms with Crippen LogP contribution in [0.25, 0.3) is 0 Å². The number of fused-ring (bicyclic) bond motifs is 1. The van der Waals surface area contributed by atoms with E-state index >= 15 is 0 Å². The van der Waals surface area contributed by atoms with E-state index in [1.54, 1.807) is 0 Å². The molecule has 4 nitrogen and oxygen atoms in total. The van der Waals surface area contributed by atoms with E-state index in [1.807, 2.05) is 12.1 Å². The molecule has 3 rings (SSSR count). The van der Waals surface area contributed by atoms with Crippen LogP contribution in [0.4, 0.5) is 0 Å². The van der Waals surface area contributed by atoms with Crippen molar-refractivity contribution in [2.24, 2.45) is 5.92 Å². The highest BCUT2D eigenvalue weighted by Gasteiger charge is 2.23. The molecule has 0 bridgehead atoms. The van der Waals surface area contributed by atoms with Crippen molar-refractivity contribution < 1.29 is 13.7 Å². The second-order valence-electron chi connectivity index (χ2n) is 5.60. The molecule has 2 aliphatic rings. The summed E-state index contributed by atoms with van der Waals surface area (Å²) in [6, 6.07) is 6.19. The minimum absolute atomic E-state index is 0.137. The lowest BCUT2D eigenvalue weighted by Crippen LogP contribution is -2.25. The van der Waals surface area contributed by atoms with Crippen LogP contribution in [0.15, 0.2) is 18.2 Å². The van der Waals surface area contributed by atoms with Crippen molar-refractivity contribution in [2.45, 2.75) is 19.4 Å². The average Bonchev–Trinajstić information content (AvgIpc) is 2.75. The van der Waals surface area contributed by atoms with Gasteiger partial charge in [0.25, 0.3) is 0 Å². The number of nitrogens with one attached hydrogen (secondary N) is 1. The van der Waals surface area contributed by atoms with Gasteiger partial charge >= 0.3 is 0 Å². The van der Waals surface area contributed by atoms with Crippen molar-refractivity contribution in [3.05, 3.63) is 23.8 Å². The molecule has 0 spiro atoms. The Bertz CT molecular complexity index is 506. The molecule has 1 fully saturated rings. The van der Waals surface area contributed by atoms with Crippen LogP contribution in [0.2, 0.25) is 0 Å². The predicted octanol–water partition coefficient (Wildman–Crippen LogP) is 1.88. The molecule has 1 saturated heterocycles. The Morgan fingerprint density at radius 3 is 2.85 bits per heavy atom. The maximum atomic E-state index is 12.0. The third-order valence-corrected chi connectivity index (χ3v) is 5.36. The van der Waals surface area contributed by atoms with E-state index in [0.717, 1.165) is 35.8 Å². The molecule has 1 aromatic carbocycles. The standard InChI is InChI=1S/C15H21NO3S/c1-11-8-16-13(10-20(17)9-11)12-3-4-14-15(7-12)19-6-2-5-18-14/h3-4,7,11,13,16H,2,5-6,8-10H2,1H3. The summed E-state index contributed by atoms with van der Waals surface area (Å²) in [6.07, 6.45) is 0.910. The number of rotatable bonds is 1. The maximum absolute atomic E-state index is 12.0. The van der Waals surface area contributed by atoms with Crippen LogP contribution in [0.3, 0.4) is 0 Å². The summed E-state index contributed by atoms with van der Waals surface area (Å²) >= 11 is 0. The summed E-state index contributed by atoms with van der Waals surface area (Å²) in [6.45, 7) is 4.44. The fourth-order valence-corrected chi connectivity index (χ4v) is 4.21. The van der Waals surface area contributed by atoms with E-state index in [-0.39, 0.29) is 6.04 Å². The summed E-state index contributed by atoms with van der Waals surface area (Å²) in [5.41, 5.74) is 1.14. The molecule has 2 heterocycles. The average molecular weight is 295 g/mol. The molecule has 0 radical (unpaired) electrons. The van der Waals surface area contributed by atoms with Gasteiger partial charge in [-0.2, -0.15) is 0 Å². The summed E-state index contributed by atoms with van der Waals surface area (Å²) in [5.74, 6) is 3.54. The van der Waals surface area contributed by atoms with E-state index in [0.29, 0.717) is 24.9 Å². The largest absolute Gasteiger partial charge is 0.490 e. The molecule has 3 unspecified atom stereocenters. The Morgan fingerprint density at radius 1 is 1.20 bits per heavy atom. The van der Waals surface area contributed by atoms with E-state index in [9.17, 15) is 4.21 Å². The maximum Gasteiger partial charge on any atom is 0.161 e. The monoisotopic (exact) mass is 295 g/mol. The fraction of sp³-hybridized carbons (Fsp3) is 0.600. The molecule has 5 heteroatoms. The van der Waals surface area contributed by atoms with Gasteiger partial charge in [0.05, 0.1) is 13.2 Å². The Hall–Kier alpha value is -1.07. The van der Waals surface area contributed by atoms with E-state index < -0.39 is 10.8 Å². The van der Waals surface area contributed by atoms with Gasteiger partial charge < -0.3 is 14.8 Å². The first kappa shape index (κ1) is 13.9. The first-order valence-corrected chi connectivity index (χ1v) is 8.69. The highest BCUT2D eigenvalue weighted by Crippen LogP contribution is 2.33. The van der Waals surface area contributed by atoms with Crippen molar-refractivity contribution in [3.63, 3.8) is 0 Å². The molecule has 0 saturated carbocycles. The summed E-state index contributed by atoms with van der Waals surface area (Å²) in [7, 11) is -0.758. The molecule has 1 N–H and O–H groups in total. The highest BCUT2D eigenvalue weighted by molar-refractivity contribution is 7.85. The van der Waals surface area contributed by atoms with Gasteiger partial charge in [-0.05, 0) is 30.2 Å². The molecule has 2 aliphatic heterocycles.